The maximum absolute atomic E-state index is 13.3. The van der Waals surface area contributed by atoms with Crippen molar-refractivity contribution in [1.82, 2.24) is 0 Å². The van der Waals surface area contributed by atoms with Crippen LogP contribution in [0.3, 0.4) is 0 Å². The van der Waals surface area contributed by atoms with Gasteiger partial charge in [-0.1, -0.05) is 12.1 Å². The predicted octanol–water partition coefficient (Wildman–Crippen LogP) is 2.71. The molecular formula is C14H18FNO2. The van der Waals surface area contributed by atoms with Crippen molar-refractivity contribution in [1.29, 1.82) is 0 Å². The van der Waals surface area contributed by atoms with Crippen LogP contribution < -0.4 is 4.90 Å². The summed E-state index contributed by atoms with van der Waals surface area (Å²) in [6.45, 7) is 1.82. The molecule has 1 rings (SSSR count). The highest BCUT2D eigenvalue weighted by Crippen LogP contribution is 2.15. The van der Waals surface area contributed by atoms with Crippen LogP contribution in [0.2, 0.25) is 0 Å². The van der Waals surface area contributed by atoms with Crippen molar-refractivity contribution in [2.75, 3.05) is 25.6 Å². The smallest absolute Gasteiger partial charge is 0.366 e. The normalized spacial score (nSPS) is 11.2. The molecule has 0 atom stereocenters. The summed E-state index contributed by atoms with van der Waals surface area (Å²) in [6, 6.07) is 7.71. The highest BCUT2D eigenvalue weighted by atomic mass is 19.1. The van der Waals surface area contributed by atoms with Gasteiger partial charge in [-0.15, -0.1) is 0 Å². The fraction of sp³-hybridized carbons (Fsp3) is 0.357. The second-order valence-corrected chi connectivity index (χ2v) is 4.04. The van der Waals surface area contributed by atoms with E-state index in [0.717, 1.165) is 11.3 Å². The lowest BCUT2D eigenvalue weighted by atomic mass is 10.1. The van der Waals surface area contributed by atoms with E-state index in [-0.39, 0.29) is 6.61 Å². The minimum atomic E-state index is -0.902. The third-order valence-electron chi connectivity index (χ3n) is 2.41. The maximum Gasteiger partial charge on any atom is 0.366 e. The van der Waals surface area contributed by atoms with Crippen molar-refractivity contribution in [3.8, 4) is 0 Å². The molecule has 1 aromatic carbocycles. The average molecular weight is 251 g/mol. The fourth-order valence-electron chi connectivity index (χ4n) is 1.45. The average Bonchev–Trinajstić information content (AvgIpc) is 2.36. The number of esters is 1. The van der Waals surface area contributed by atoms with Crippen molar-refractivity contribution < 1.29 is 13.9 Å². The Balaban J connectivity index is 2.70. The number of rotatable bonds is 5. The molecule has 0 unspecified atom stereocenters. The topological polar surface area (TPSA) is 29.5 Å². The molecule has 0 aliphatic rings. The number of halogens is 1. The third kappa shape index (κ3) is 4.20. The molecule has 0 heterocycles. The van der Waals surface area contributed by atoms with Crippen molar-refractivity contribution in [3.05, 3.63) is 41.7 Å². The van der Waals surface area contributed by atoms with Gasteiger partial charge in [0.2, 0.25) is 5.83 Å². The molecule has 0 N–H and O–H groups in total. The molecule has 0 radical (unpaired) electrons. The van der Waals surface area contributed by atoms with Crippen LogP contribution in [0.25, 0.3) is 0 Å². The van der Waals surface area contributed by atoms with E-state index in [0.29, 0.717) is 6.42 Å². The lowest BCUT2D eigenvalue weighted by Gasteiger charge is -2.12. The number of hydrogen-bond acceptors (Lipinski definition) is 3. The third-order valence-corrected chi connectivity index (χ3v) is 2.41. The standard InChI is InChI=1S/C14H18FNO2/c1-4-18-14(17)13(15)9-8-11-6-5-7-12(10-11)16(2)3/h5-7,9-10H,4,8H2,1-3H3. The number of nitrogens with zero attached hydrogens (tertiary/aromatic N) is 1. The van der Waals surface area contributed by atoms with E-state index in [1.807, 2.05) is 43.3 Å². The van der Waals surface area contributed by atoms with Crippen molar-refractivity contribution in [2.24, 2.45) is 0 Å². The molecule has 0 saturated heterocycles. The number of hydrogen-bond donors (Lipinski definition) is 0. The molecule has 3 nitrogen and oxygen atoms in total. The summed E-state index contributed by atoms with van der Waals surface area (Å²) < 4.78 is 17.9. The van der Waals surface area contributed by atoms with Crippen molar-refractivity contribution >= 4 is 11.7 Å². The van der Waals surface area contributed by atoms with Gasteiger partial charge in [-0.25, -0.2) is 4.79 Å². The second-order valence-electron chi connectivity index (χ2n) is 4.04. The summed E-state index contributed by atoms with van der Waals surface area (Å²) in [7, 11) is 3.88. The van der Waals surface area contributed by atoms with Gasteiger partial charge in [0, 0.05) is 19.8 Å². The Morgan fingerprint density at radius 1 is 1.44 bits per heavy atom. The zero-order valence-corrected chi connectivity index (χ0v) is 10.9. The Morgan fingerprint density at radius 2 is 2.17 bits per heavy atom. The van der Waals surface area contributed by atoms with Crippen LogP contribution in [0.5, 0.6) is 0 Å². The van der Waals surface area contributed by atoms with Crippen LogP contribution in [-0.2, 0) is 16.0 Å². The number of ether oxygens (including phenoxy) is 1. The molecule has 0 amide bonds. The summed E-state index contributed by atoms with van der Waals surface area (Å²) in [4.78, 5) is 13.0. The second kappa shape index (κ2) is 6.79. The van der Waals surface area contributed by atoms with Gasteiger partial charge < -0.3 is 9.64 Å². The Morgan fingerprint density at radius 3 is 2.78 bits per heavy atom. The van der Waals surface area contributed by atoms with E-state index in [2.05, 4.69) is 4.74 Å². The Hall–Kier alpha value is -1.84. The Labute approximate surface area is 107 Å². The van der Waals surface area contributed by atoms with Crippen LogP contribution in [0.15, 0.2) is 36.2 Å². The van der Waals surface area contributed by atoms with Crippen LogP contribution >= 0.6 is 0 Å². The summed E-state index contributed by atoms with van der Waals surface area (Å²) in [5, 5.41) is 0. The van der Waals surface area contributed by atoms with Crippen LogP contribution in [0.1, 0.15) is 12.5 Å². The van der Waals surface area contributed by atoms with Crippen LogP contribution in [0, 0.1) is 0 Å². The molecular weight excluding hydrogens is 233 g/mol. The van der Waals surface area contributed by atoms with Gasteiger partial charge in [0.15, 0.2) is 0 Å². The quantitative estimate of drug-likeness (QED) is 0.595. The first kappa shape index (κ1) is 14.2. The zero-order chi connectivity index (χ0) is 13.5. The van der Waals surface area contributed by atoms with Crippen molar-refractivity contribution in [2.45, 2.75) is 13.3 Å². The molecule has 0 saturated carbocycles. The van der Waals surface area contributed by atoms with E-state index in [1.165, 1.54) is 6.08 Å². The largest absolute Gasteiger partial charge is 0.461 e. The molecule has 4 heteroatoms. The summed E-state index contributed by atoms with van der Waals surface area (Å²) in [5.74, 6) is -1.74. The van der Waals surface area contributed by atoms with Crippen LogP contribution in [-0.4, -0.2) is 26.7 Å². The molecule has 0 aromatic heterocycles. The Bertz CT molecular complexity index is 441. The van der Waals surface area contributed by atoms with E-state index in [9.17, 15) is 9.18 Å². The van der Waals surface area contributed by atoms with E-state index in [1.54, 1.807) is 6.92 Å². The first-order valence-corrected chi connectivity index (χ1v) is 5.83. The minimum absolute atomic E-state index is 0.177. The molecule has 98 valence electrons. The zero-order valence-electron chi connectivity index (χ0n) is 10.9. The number of anilines is 1. The number of benzene rings is 1. The number of allylic oxidation sites excluding steroid dienone is 1. The SMILES string of the molecule is CCOC(=O)C(F)=CCc1cccc(N(C)C)c1. The summed E-state index contributed by atoms with van der Waals surface area (Å²) in [5.41, 5.74) is 1.98. The first-order valence-electron chi connectivity index (χ1n) is 5.83. The van der Waals surface area contributed by atoms with Gasteiger partial charge in [-0.05, 0) is 37.1 Å². The first-order chi connectivity index (χ1) is 8.54. The van der Waals surface area contributed by atoms with Crippen molar-refractivity contribution in [3.63, 3.8) is 0 Å². The van der Waals surface area contributed by atoms with E-state index < -0.39 is 11.8 Å². The molecule has 18 heavy (non-hydrogen) atoms. The Kier molecular flexibility index (Phi) is 5.36. The van der Waals surface area contributed by atoms with Gasteiger partial charge >= 0.3 is 5.97 Å². The van der Waals surface area contributed by atoms with E-state index >= 15 is 0 Å². The molecule has 1 aromatic rings. The summed E-state index contributed by atoms with van der Waals surface area (Å²) in [6.07, 6.45) is 1.61. The molecule has 0 fully saturated rings. The highest BCUT2D eigenvalue weighted by Gasteiger charge is 2.08. The molecule has 0 aliphatic heterocycles. The lowest BCUT2D eigenvalue weighted by Crippen LogP contribution is -2.08. The molecule has 0 aliphatic carbocycles. The molecule has 0 spiro atoms. The monoisotopic (exact) mass is 251 g/mol. The van der Waals surface area contributed by atoms with Gasteiger partial charge in [-0.2, -0.15) is 4.39 Å². The number of carbonyl (C=O) groups excluding carboxylic acids is 1. The minimum Gasteiger partial charge on any atom is -0.461 e. The van der Waals surface area contributed by atoms with Gasteiger partial charge in [0.1, 0.15) is 0 Å². The number of carbonyl (C=O) groups is 1. The van der Waals surface area contributed by atoms with Gasteiger partial charge in [-0.3, -0.25) is 0 Å². The predicted molar refractivity (Wildman–Crippen MR) is 70.3 cm³/mol. The van der Waals surface area contributed by atoms with Gasteiger partial charge in [0.05, 0.1) is 6.61 Å². The molecule has 0 bridgehead atoms. The highest BCUT2D eigenvalue weighted by molar-refractivity contribution is 5.85. The lowest BCUT2D eigenvalue weighted by molar-refractivity contribution is -0.140. The van der Waals surface area contributed by atoms with Gasteiger partial charge in [0.25, 0.3) is 0 Å². The van der Waals surface area contributed by atoms with Crippen LogP contribution in [0.4, 0.5) is 10.1 Å². The maximum atomic E-state index is 13.3. The summed E-state index contributed by atoms with van der Waals surface area (Å²) >= 11 is 0. The van der Waals surface area contributed by atoms with E-state index in [4.69, 9.17) is 0 Å². The fourth-order valence-corrected chi connectivity index (χ4v) is 1.45.